The van der Waals surface area contributed by atoms with Crippen LogP contribution in [0.5, 0.6) is 5.75 Å². The number of hydrogen-bond acceptors (Lipinski definition) is 7. The fraction of sp³-hybridized carbons (Fsp3) is 0.375. The van der Waals surface area contributed by atoms with Gasteiger partial charge in [0.25, 0.3) is 0 Å². The van der Waals surface area contributed by atoms with E-state index in [2.05, 4.69) is 20.7 Å². The molecule has 0 bridgehead atoms. The lowest BCUT2D eigenvalue weighted by molar-refractivity contribution is -0.120. The summed E-state index contributed by atoms with van der Waals surface area (Å²) in [6.07, 6.45) is 3.20. The smallest absolute Gasteiger partial charge is 0.249 e. The van der Waals surface area contributed by atoms with Gasteiger partial charge in [-0.3, -0.25) is 9.48 Å². The Morgan fingerprint density at radius 3 is 2.69 bits per heavy atom. The molecule has 0 fully saturated rings. The minimum Gasteiger partial charge on any atom is -0.496 e. The van der Waals surface area contributed by atoms with Gasteiger partial charge in [-0.05, 0) is 19.9 Å². The van der Waals surface area contributed by atoms with Crippen LogP contribution >= 0.6 is 0 Å². The summed E-state index contributed by atoms with van der Waals surface area (Å²) < 4.78 is 39.4. The number of anilines is 3. The molecule has 4 rings (SSSR count). The summed E-state index contributed by atoms with van der Waals surface area (Å²) >= 11 is 0. The van der Waals surface area contributed by atoms with E-state index in [0.717, 1.165) is 23.4 Å². The van der Waals surface area contributed by atoms with E-state index in [1.807, 2.05) is 38.1 Å². The molecule has 2 atom stereocenters. The van der Waals surface area contributed by atoms with Crippen molar-refractivity contribution in [2.75, 3.05) is 36.8 Å². The Kier molecular flexibility index (Phi) is 6.88. The molecule has 186 valence electrons. The minimum atomic E-state index is -0.961. The van der Waals surface area contributed by atoms with Gasteiger partial charge in [0.15, 0.2) is 11.6 Å². The molecule has 0 saturated carbocycles. The van der Waals surface area contributed by atoms with Crippen molar-refractivity contribution in [2.45, 2.75) is 39.1 Å². The third-order valence-electron chi connectivity index (χ3n) is 6.13. The van der Waals surface area contributed by atoms with Crippen LogP contribution in [0.15, 0.2) is 30.6 Å². The average molecular weight is 487 g/mol. The van der Waals surface area contributed by atoms with Crippen LogP contribution < -0.4 is 20.3 Å². The summed E-state index contributed by atoms with van der Waals surface area (Å²) in [5.41, 5.74) is 3.56. The number of rotatable bonds is 8. The van der Waals surface area contributed by atoms with Gasteiger partial charge in [-0.2, -0.15) is 5.10 Å². The van der Waals surface area contributed by atoms with Crippen LogP contribution in [0, 0.1) is 18.6 Å². The molecule has 0 radical (unpaired) electrons. The number of carbonyl (C=O) groups excluding carboxylic acids is 1. The second-order valence-corrected chi connectivity index (χ2v) is 8.45. The number of nitrogens with zero attached hydrogens (tertiary/aromatic N) is 4. The third-order valence-corrected chi connectivity index (χ3v) is 6.13. The number of ether oxygens (including phenoxy) is 2. The number of carbonyl (C=O) groups is 1. The van der Waals surface area contributed by atoms with Crippen molar-refractivity contribution in [3.8, 4) is 5.75 Å². The van der Waals surface area contributed by atoms with Gasteiger partial charge in [-0.1, -0.05) is 0 Å². The lowest BCUT2D eigenvalue weighted by Crippen LogP contribution is -2.52. The molecule has 0 saturated heterocycles. The van der Waals surface area contributed by atoms with Crippen LogP contribution in [0.3, 0.4) is 0 Å². The molecule has 11 heteroatoms. The first-order valence-corrected chi connectivity index (χ1v) is 11.1. The number of amides is 1. The third kappa shape index (κ3) is 4.90. The van der Waals surface area contributed by atoms with Crippen LogP contribution in [0.25, 0.3) is 0 Å². The van der Waals surface area contributed by atoms with Crippen LogP contribution in [-0.2, 0) is 22.6 Å². The average Bonchev–Trinajstić information content (AvgIpc) is 3.27. The topological polar surface area (TPSA) is 93.5 Å². The highest BCUT2D eigenvalue weighted by Crippen LogP contribution is 2.36. The normalized spacial score (nSPS) is 16.0. The van der Waals surface area contributed by atoms with Crippen molar-refractivity contribution in [1.29, 1.82) is 0 Å². The van der Waals surface area contributed by atoms with E-state index in [0.29, 0.717) is 29.3 Å². The predicted molar refractivity (Wildman–Crippen MR) is 128 cm³/mol. The molecule has 0 spiro atoms. The number of aromatic nitrogens is 3. The maximum Gasteiger partial charge on any atom is 0.249 e. The van der Waals surface area contributed by atoms with Crippen LogP contribution in [-0.4, -0.2) is 54.1 Å². The Morgan fingerprint density at radius 2 is 1.97 bits per heavy atom. The Morgan fingerprint density at radius 1 is 1.23 bits per heavy atom. The van der Waals surface area contributed by atoms with Crippen LogP contribution in [0.1, 0.15) is 23.7 Å². The Bertz CT molecular complexity index is 1250. The van der Waals surface area contributed by atoms with Gasteiger partial charge < -0.3 is 25.0 Å². The molecule has 35 heavy (non-hydrogen) atoms. The Labute approximate surface area is 202 Å². The lowest BCUT2D eigenvalue weighted by Gasteiger charge is -2.38. The Hall–Kier alpha value is -3.73. The SMILES string of the molecule is COc1cc(F)c(F)cc1Cn1cc(CNc2cc3c(c(C)n2)NC(=O)[C@H]([C@@H](C)OC)N3C)cn1. The molecule has 9 nitrogen and oxygen atoms in total. The zero-order valence-corrected chi connectivity index (χ0v) is 20.2. The second kappa shape index (κ2) is 9.87. The maximum absolute atomic E-state index is 13.7. The quantitative estimate of drug-likeness (QED) is 0.505. The molecule has 1 aliphatic heterocycles. The maximum atomic E-state index is 13.7. The highest BCUT2D eigenvalue weighted by Gasteiger charge is 2.36. The van der Waals surface area contributed by atoms with E-state index in [1.165, 1.54) is 7.11 Å². The van der Waals surface area contributed by atoms with Crippen LogP contribution in [0.4, 0.5) is 26.0 Å². The van der Waals surface area contributed by atoms with Gasteiger partial charge in [-0.25, -0.2) is 13.8 Å². The summed E-state index contributed by atoms with van der Waals surface area (Å²) in [4.78, 5) is 19.1. The molecule has 1 aromatic carbocycles. The molecule has 3 heterocycles. The number of likely N-dealkylation sites (N-methyl/N-ethyl adjacent to an activating group) is 1. The molecule has 2 aromatic heterocycles. The molecule has 1 aliphatic rings. The summed E-state index contributed by atoms with van der Waals surface area (Å²) in [6, 6.07) is 3.56. The Balaban J connectivity index is 1.48. The highest BCUT2D eigenvalue weighted by molar-refractivity contribution is 6.04. The van der Waals surface area contributed by atoms with E-state index < -0.39 is 17.7 Å². The van der Waals surface area contributed by atoms with Crippen LogP contribution in [0.2, 0.25) is 0 Å². The number of methoxy groups -OCH3 is 2. The zero-order chi connectivity index (χ0) is 25.3. The molecule has 2 N–H and O–H groups in total. The molecular formula is C24H28F2N6O3. The van der Waals surface area contributed by atoms with Gasteiger partial charge in [0.1, 0.15) is 17.6 Å². The van der Waals surface area contributed by atoms with Crippen molar-refractivity contribution in [2.24, 2.45) is 0 Å². The highest BCUT2D eigenvalue weighted by atomic mass is 19.2. The number of benzene rings is 1. The number of aryl methyl sites for hydroxylation is 1. The number of pyridine rings is 1. The van der Waals surface area contributed by atoms with E-state index in [-0.39, 0.29) is 24.3 Å². The largest absolute Gasteiger partial charge is 0.496 e. The number of halogens is 2. The van der Waals surface area contributed by atoms with E-state index >= 15 is 0 Å². The van der Waals surface area contributed by atoms with Gasteiger partial charge in [0, 0.05) is 50.2 Å². The molecule has 1 amide bonds. The lowest BCUT2D eigenvalue weighted by atomic mass is 10.0. The van der Waals surface area contributed by atoms with E-state index in [4.69, 9.17) is 9.47 Å². The first-order chi connectivity index (χ1) is 16.7. The minimum absolute atomic E-state index is 0.134. The number of hydrogen-bond donors (Lipinski definition) is 2. The van der Waals surface area contributed by atoms with Gasteiger partial charge in [0.05, 0.1) is 43.0 Å². The van der Waals surface area contributed by atoms with Gasteiger partial charge in [0.2, 0.25) is 5.91 Å². The number of fused-ring (bicyclic) bond motifs is 1. The summed E-state index contributed by atoms with van der Waals surface area (Å²) in [6.45, 7) is 4.35. The summed E-state index contributed by atoms with van der Waals surface area (Å²) in [5.74, 6) is -1.14. The van der Waals surface area contributed by atoms with Crippen molar-refractivity contribution in [1.82, 2.24) is 14.8 Å². The standard InChI is InChI=1S/C24H28F2N6O3/c1-13-22-19(31(3)23(14(2)34-4)24(33)30-22)8-21(29-13)27-9-15-10-28-32(11-15)12-16-6-17(25)18(26)7-20(16)35-5/h6-8,10-11,14,23H,9,12H2,1-5H3,(H,27,29)(H,30,33)/t14-,23+/m1/s1. The molecule has 0 aliphatic carbocycles. The van der Waals surface area contributed by atoms with Crippen molar-refractivity contribution >= 4 is 23.1 Å². The monoisotopic (exact) mass is 486 g/mol. The molecule has 0 unspecified atom stereocenters. The second-order valence-electron chi connectivity index (χ2n) is 8.45. The van der Waals surface area contributed by atoms with Crippen molar-refractivity contribution in [3.63, 3.8) is 0 Å². The van der Waals surface area contributed by atoms with E-state index in [1.54, 1.807) is 18.0 Å². The van der Waals surface area contributed by atoms with E-state index in [9.17, 15) is 13.6 Å². The van der Waals surface area contributed by atoms with Gasteiger partial charge in [-0.15, -0.1) is 0 Å². The summed E-state index contributed by atoms with van der Waals surface area (Å²) in [5, 5.41) is 10.5. The fourth-order valence-electron chi connectivity index (χ4n) is 4.19. The molecular weight excluding hydrogens is 458 g/mol. The van der Waals surface area contributed by atoms with Crippen molar-refractivity contribution in [3.05, 3.63) is 59.0 Å². The zero-order valence-electron chi connectivity index (χ0n) is 20.2. The summed E-state index contributed by atoms with van der Waals surface area (Å²) in [7, 11) is 4.84. The fourth-order valence-corrected chi connectivity index (χ4v) is 4.19. The van der Waals surface area contributed by atoms with Gasteiger partial charge >= 0.3 is 0 Å². The first-order valence-electron chi connectivity index (χ1n) is 11.1. The molecule has 3 aromatic rings. The number of nitrogens with one attached hydrogen (secondary N) is 2. The van der Waals surface area contributed by atoms with Crippen molar-refractivity contribution < 1.29 is 23.0 Å². The first kappa shape index (κ1) is 24.4. The predicted octanol–water partition coefficient (Wildman–Crippen LogP) is 3.33.